The van der Waals surface area contributed by atoms with Crippen LogP contribution in [0.5, 0.6) is 5.75 Å². The van der Waals surface area contributed by atoms with Crippen LogP contribution in [0, 0.1) is 11.3 Å². The lowest BCUT2D eigenvalue weighted by Crippen LogP contribution is -1.96. The van der Waals surface area contributed by atoms with Crippen LogP contribution >= 0.6 is 0 Å². The SMILES string of the molecule is COC(=O)C=C(C#N)c1cccc(O)c1. The van der Waals surface area contributed by atoms with Crippen LogP contribution in [-0.2, 0) is 9.53 Å². The number of esters is 1. The molecule has 0 spiro atoms. The Kier molecular flexibility index (Phi) is 3.47. The molecule has 0 aliphatic rings. The lowest BCUT2D eigenvalue weighted by Gasteiger charge is -1.99. The largest absolute Gasteiger partial charge is 0.508 e. The molecule has 15 heavy (non-hydrogen) atoms. The summed E-state index contributed by atoms with van der Waals surface area (Å²) in [6.07, 6.45) is 1.08. The van der Waals surface area contributed by atoms with E-state index < -0.39 is 5.97 Å². The van der Waals surface area contributed by atoms with E-state index in [1.54, 1.807) is 12.1 Å². The third-order valence-electron chi connectivity index (χ3n) is 1.74. The van der Waals surface area contributed by atoms with Gasteiger partial charge in [0.25, 0.3) is 0 Å². The number of carbonyl (C=O) groups excluding carboxylic acids is 1. The van der Waals surface area contributed by atoms with Crippen LogP contribution in [0.25, 0.3) is 5.57 Å². The molecule has 0 aliphatic carbocycles. The van der Waals surface area contributed by atoms with Crippen molar-refractivity contribution in [2.45, 2.75) is 0 Å². The van der Waals surface area contributed by atoms with Gasteiger partial charge in [-0.05, 0) is 17.7 Å². The molecule has 0 atom stereocenters. The summed E-state index contributed by atoms with van der Waals surface area (Å²) in [6.45, 7) is 0. The van der Waals surface area contributed by atoms with Gasteiger partial charge in [-0.2, -0.15) is 5.26 Å². The van der Waals surface area contributed by atoms with Crippen LogP contribution in [0.1, 0.15) is 5.56 Å². The van der Waals surface area contributed by atoms with Crippen LogP contribution in [0.4, 0.5) is 0 Å². The summed E-state index contributed by atoms with van der Waals surface area (Å²) in [4.78, 5) is 10.9. The number of rotatable bonds is 2. The average Bonchev–Trinajstić information content (AvgIpc) is 2.25. The molecule has 0 aromatic heterocycles. The van der Waals surface area contributed by atoms with Gasteiger partial charge in [-0.25, -0.2) is 4.79 Å². The van der Waals surface area contributed by atoms with Crippen LogP contribution < -0.4 is 0 Å². The minimum atomic E-state index is -0.602. The Morgan fingerprint density at radius 1 is 1.60 bits per heavy atom. The summed E-state index contributed by atoms with van der Waals surface area (Å²) >= 11 is 0. The van der Waals surface area contributed by atoms with Crippen molar-refractivity contribution in [2.75, 3.05) is 7.11 Å². The van der Waals surface area contributed by atoms with Crippen molar-refractivity contribution >= 4 is 11.5 Å². The van der Waals surface area contributed by atoms with Crippen LogP contribution in [0.2, 0.25) is 0 Å². The molecule has 1 rings (SSSR count). The fraction of sp³-hybridized carbons (Fsp3) is 0.0909. The fourth-order valence-electron chi connectivity index (χ4n) is 1.03. The Morgan fingerprint density at radius 2 is 2.33 bits per heavy atom. The topological polar surface area (TPSA) is 70.3 Å². The monoisotopic (exact) mass is 203 g/mol. The van der Waals surface area contributed by atoms with Crippen molar-refractivity contribution in [1.29, 1.82) is 5.26 Å². The molecule has 0 unspecified atom stereocenters. The molecule has 0 saturated carbocycles. The molecule has 1 N–H and O–H groups in total. The third kappa shape index (κ3) is 2.85. The first-order valence-corrected chi connectivity index (χ1v) is 4.16. The van der Waals surface area contributed by atoms with Gasteiger partial charge in [-0.1, -0.05) is 12.1 Å². The Balaban J connectivity index is 3.09. The van der Waals surface area contributed by atoms with Gasteiger partial charge in [-0.15, -0.1) is 0 Å². The lowest BCUT2D eigenvalue weighted by molar-refractivity contribution is -0.134. The Hall–Kier alpha value is -2.28. The molecule has 0 fully saturated rings. The highest BCUT2D eigenvalue weighted by atomic mass is 16.5. The predicted octanol–water partition coefficient (Wildman–Crippen LogP) is 1.47. The lowest BCUT2D eigenvalue weighted by atomic mass is 10.1. The molecule has 76 valence electrons. The van der Waals surface area contributed by atoms with Gasteiger partial charge in [-0.3, -0.25) is 0 Å². The number of hydrogen-bond donors (Lipinski definition) is 1. The first kappa shape index (κ1) is 10.8. The zero-order valence-corrected chi connectivity index (χ0v) is 8.10. The van der Waals surface area contributed by atoms with Gasteiger partial charge < -0.3 is 9.84 Å². The molecule has 0 amide bonds. The summed E-state index contributed by atoms with van der Waals surface area (Å²) in [6, 6.07) is 7.96. The third-order valence-corrected chi connectivity index (χ3v) is 1.74. The van der Waals surface area contributed by atoms with Crippen molar-refractivity contribution in [3.8, 4) is 11.8 Å². The smallest absolute Gasteiger partial charge is 0.331 e. The van der Waals surface area contributed by atoms with E-state index in [4.69, 9.17) is 5.26 Å². The second-order valence-corrected chi connectivity index (χ2v) is 2.74. The molecule has 0 aliphatic heterocycles. The maximum absolute atomic E-state index is 10.9. The van der Waals surface area contributed by atoms with Gasteiger partial charge in [0.2, 0.25) is 0 Å². The first-order valence-electron chi connectivity index (χ1n) is 4.16. The number of phenolic OH excluding ortho intramolecular Hbond substituents is 1. The number of methoxy groups -OCH3 is 1. The number of nitrogens with zero attached hydrogens (tertiary/aromatic N) is 1. The highest BCUT2D eigenvalue weighted by molar-refractivity contribution is 5.95. The Labute approximate surface area is 87.0 Å². The van der Waals surface area contributed by atoms with E-state index in [9.17, 15) is 9.90 Å². The van der Waals surface area contributed by atoms with Crippen molar-refractivity contribution in [3.05, 3.63) is 35.9 Å². The number of hydrogen-bond acceptors (Lipinski definition) is 4. The number of ether oxygens (including phenoxy) is 1. The molecule has 0 heterocycles. The predicted molar refractivity (Wildman–Crippen MR) is 53.7 cm³/mol. The number of phenols is 1. The zero-order chi connectivity index (χ0) is 11.3. The summed E-state index contributed by atoms with van der Waals surface area (Å²) in [5.41, 5.74) is 0.626. The molecule has 4 nitrogen and oxygen atoms in total. The summed E-state index contributed by atoms with van der Waals surface area (Å²) in [7, 11) is 1.23. The average molecular weight is 203 g/mol. The quantitative estimate of drug-likeness (QED) is 0.449. The molecule has 4 heteroatoms. The number of aromatic hydroxyl groups is 1. The van der Waals surface area contributed by atoms with Crippen LogP contribution in [-0.4, -0.2) is 18.2 Å². The molecular weight excluding hydrogens is 194 g/mol. The van der Waals surface area contributed by atoms with Crippen molar-refractivity contribution in [1.82, 2.24) is 0 Å². The van der Waals surface area contributed by atoms with E-state index in [1.807, 2.05) is 6.07 Å². The summed E-state index contributed by atoms with van der Waals surface area (Å²) in [5, 5.41) is 18.0. The van der Waals surface area contributed by atoms with Crippen molar-refractivity contribution < 1.29 is 14.6 Å². The molecule has 0 radical (unpaired) electrons. The van der Waals surface area contributed by atoms with E-state index >= 15 is 0 Å². The standard InChI is InChI=1S/C11H9NO3/c1-15-11(14)6-9(7-12)8-3-2-4-10(13)5-8/h2-6,13H,1H3. The maximum Gasteiger partial charge on any atom is 0.331 e. The molecule has 0 saturated heterocycles. The van der Waals surface area contributed by atoms with Crippen molar-refractivity contribution in [3.63, 3.8) is 0 Å². The van der Waals surface area contributed by atoms with Crippen LogP contribution in [0.3, 0.4) is 0 Å². The van der Waals surface area contributed by atoms with Gasteiger partial charge >= 0.3 is 5.97 Å². The molecule has 0 bridgehead atoms. The van der Waals surface area contributed by atoms with Crippen molar-refractivity contribution in [2.24, 2.45) is 0 Å². The zero-order valence-electron chi connectivity index (χ0n) is 8.10. The number of carbonyl (C=O) groups is 1. The van der Waals surface area contributed by atoms with E-state index in [2.05, 4.69) is 4.74 Å². The van der Waals surface area contributed by atoms with E-state index in [0.29, 0.717) is 5.56 Å². The Morgan fingerprint density at radius 3 is 2.87 bits per heavy atom. The van der Waals surface area contributed by atoms with E-state index in [0.717, 1.165) is 6.08 Å². The summed E-state index contributed by atoms with van der Waals surface area (Å²) < 4.78 is 4.41. The van der Waals surface area contributed by atoms with Gasteiger partial charge in [0.15, 0.2) is 0 Å². The number of nitriles is 1. The molecular formula is C11H9NO3. The second kappa shape index (κ2) is 4.82. The normalized spacial score (nSPS) is 10.5. The van der Waals surface area contributed by atoms with Crippen LogP contribution in [0.15, 0.2) is 30.3 Å². The van der Waals surface area contributed by atoms with Gasteiger partial charge in [0.05, 0.1) is 12.7 Å². The van der Waals surface area contributed by atoms with E-state index in [-0.39, 0.29) is 11.3 Å². The number of benzene rings is 1. The Bertz CT molecular complexity index is 443. The van der Waals surface area contributed by atoms with Gasteiger partial charge in [0.1, 0.15) is 11.8 Å². The number of allylic oxidation sites excluding steroid dienone is 1. The minimum absolute atomic E-state index is 0.0403. The minimum Gasteiger partial charge on any atom is -0.508 e. The highest BCUT2D eigenvalue weighted by Crippen LogP contribution is 2.18. The summed E-state index contributed by atoms with van der Waals surface area (Å²) in [5.74, 6) is -0.562. The van der Waals surface area contributed by atoms with E-state index in [1.165, 1.54) is 19.2 Å². The highest BCUT2D eigenvalue weighted by Gasteiger charge is 2.04. The second-order valence-electron chi connectivity index (χ2n) is 2.74. The fourth-order valence-corrected chi connectivity index (χ4v) is 1.03. The molecule has 1 aromatic carbocycles. The van der Waals surface area contributed by atoms with Gasteiger partial charge in [0, 0.05) is 6.08 Å². The first-order chi connectivity index (χ1) is 7.17. The molecule has 1 aromatic rings. The maximum atomic E-state index is 10.9.